The molecule has 3 atom stereocenters. The van der Waals surface area contributed by atoms with Crippen LogP contribution in [0.1, 0.15) is 303 Å². The van der Waals surface area contributed by atoms with Gasteiger partial charge >= 0.3 is 7.82 Å². The number of allylic oxidation sites excluding steroid dienone is 11. The van der Waals surface area contributed by atoms with Gasteiger partial charge in [-0.05, 0) is 70.6 Å². The molecule has 0 aromatic rings. The van der Waals surface area contributed by atoms with Crippen LogP contribution in [0.15, 0.2) is 72.9 Å². The number of carbonyl (C=O) groups is 1. The first-order chi connectivity index (χ1) is 37.5. The number of nitrogens with zero attached hydrogens (tertiary/aromatic N) is 1. The van der Waals surface area contributed by atoms with E-state index in [1.54, 1.807) is 6.08 Å². The topological polar surface area (TPSA) is 105 Å². The maximum atomic E-state index is 13.0. The zero-order chi connectivity index (χ0) is 56.3. The number of unbranched alkanes of at least 4 members (excludes halogenated alkanes) is 37. The SMILES string of the molecule is CC/C=C\C/C=C\C/C=C\C/C=C\CCCCCCCCCCCCCCCCCCC(=O)NC(COP(=O)(O)OCC[N+](C)(C)C)C(O)/C=C/CC/C=C/CCCCCCCCCCCCCCCCCCCCCC. The smallest absolute Gasteiger partial charge is 0.387 e. The van der Waals surface area contributed by atoms with Gasteiger partial charge in [0.25, 0.3) is 0 Å². The normalized spacial score (nSPS) is 14.2. The van der Waals surface area contributed by atoms with Gasteiger partial charge in [-0.3, -0.25) is 13.8 Å². The minimum absolute atomic E-state index is 0.0550. The molecule has 0 rings (SSSR count). The van der Waals surface area contributed by atoms with E-state index in [1.807, 2.05) is 27.2 Å². The summed E-state index contributed by atoms with van der Waals surface area (Å²) in [5, 5.41) is 14.0. The molecule has 3 unspecified atom stereocenters. The summed E-state index contributed by atoms with van der Waals surface area (Å²) in [6.07, 6.45) is 81.8. The molecule has 0 aliphatic heterocycles. The zero-order valence-electron chi connectivity index (χ0n) is 51.4. The van der Waals surface area contributed by atoms with Crippen LogP contribution in [0.25, 0.3) is 0 Å². The van der Waals surface area contributed by atoms with E-state index < -0.39 is 20.0 Å². The van der Waals surface area contributed by atoms with Gasteiger partial charge in [-0.25, -0.2) is 4.57 Å². The van der Waals surface area contributed by atoms with Crippen molar-refractivity contribution >= 4 is 13.7 Å². The highest BCUT2D eigenvalue weighted by Crippen LogP contribution is 2.43. The number of aliphatic hydroxyl groups is 1. The average Bonchev–Trinajstić information content (AvgIpc) is 3.39. The van der Waals surface area contributed by atoms with Crippen LogP contribution in [-0.4, -0.2) is 73.4 Å². The lowest BCUT2D eigenvalue weighted by molar-refractivity contribution is -0.870. The number of hydrogen-bond acceptors (Lipinski definition) is 5. The van der Waals surface area contributed by atoms with Gasteiger partial charge in [0, 0.05) is 6.42 Å². The van der Waals surface area contributed by atoms with Crippen molar-refractivity contribution in [1.82, 2.24) is 5.32 Å². The minimum atomic E-state index is -4.36. The van der Waals surface area contributed by atoms with Crippen molar-refractivity contribution < 1.29 is 32.9 Å². The van der Waals surface area contributed by atoms with Crippen molar-refractivity contribution in [2.75, 3.05) is 40.9 Å². The molecule has 3 N–H and O–H groups in total. The lowest BCUT2D eigenvalue weighted by Gasteiger charge is -2.25. The van der Waals surface area contributed by atoms with Gasteiger partial charge in [0.05, 0.1) is 39.9 Å². The van der Waals surface area contributed by atoms with E-state index in [9.17, 15) is 19.4 Å². The van der Waals surface area contributed by atoms with E-state index in [1.165, 1.54) is 218 Å². The monoisotopic (exact) mass is 1100 g/mol. The van der Waals surface area contributed by atoms with E-state index in [0.29, 0.717) is 17.4 Å². The highest BCUT2D eigenvalue weighted by molar-refractivity contribution is 7.47. The van der Waals surface area contributed by atoms with Crippen molar-refractivity contribution in [2.24, 2.45) is 0 Å². The zero-order valence-corrected chi connectivity index (χ0v) is 52.3. The summed E-state index contributed by atoms with van der Waals surface area (Å²) >= 11 is 0. The minimum Gasteiger partial charge on any atom is -0.387 e. The van der Waals surface area contributed by atoms with Gasteiger partial charge in [-0.15, -0.1) is 0 Å². The largest absolute Gasteiger partial charge is 0.472 e. The van der Waals surface area contributed by atoms with Crippen LogP contribution in [-0.2, 0) is 18.4 Å². The molecule has 77 heavy (non-hydrogen) atoms. The van der Waals surface area contributed by atoms with Gasteiger partial charge < -0.3 is 19.8 Å². The quantitative estimate of drug-likeness (QED) is 0.0243. The van der Waals surface area contributed by atoms with Gasteiger partial charge in [-0.1, -0.05) is 299 Å². The fourth-order valence-electron chi connectivity index (χ4n) is 9.58. The van der Waals surface area contributed by atoms with Crippen LogP contribution in [0.3, 0.4) is 0 Å². The lowest BCUT2D eigenvalue weighted by atomic mass is 10.0. The third-order valence-corrected chi connectivity index (χ3v) is 15.6. The number of likely N-dealkylation sites (N-methyl/N-ethyl adjacent to an activating group) is 1. The number of quaternary nitrogens is 1. The molecule has 8 nitrogen and oxygen atoms in total. The molecule has 0 heterocycles. The molecule has 0 aromatic heterocycles. The number of aliphatic hydroxyl groups excluding tert-OH is 1. The molecule has 0 spiro atoms. The Bertz CT molecular complexity index is 1480. The first-order valence-electron chi connectivity index (χ1n) is 32.8. The third-order valence-electron chi connectivity index (χ3n) is 14.7. The molecule has 0 radical (unpaired) electrons. The Morgan fingerprint density at radius 3 is 1.19 bits per heavy atom. The third kappa shape index (κ3) is 61.4. The molecule has 0 saturated carbocycles. The Morgan fingerprint density at radius 2 is 0.792 bits per heavy atom. The van der Waals surface area contributed by atoms with Crippen molar-refractivity contribution in [3.63, 3.8) is 0 Å². The molecule has 450 valence electrons. The summed E-state index contributed by atoms with van der Waals surface area (Å²) in [7, 11) is 1.56. The van der Waals surface area contributed by atoms with Crippen molar-refractivity contribution in [1.29, 1.82) is 0 Å². The lowest BCUT2D eigenvalue weighted by Crippen LogP contribution is -2.45. The molecule has 0 bridgehead atoms. The summed E-state index contributed by atoms with van der Waals surface area (Å²) < 4.78 is 23.8. The number of phosphoric ester groups is 1. The molecular weight excluding hydrogens is 972 g/mol. The molecule has 0 saturated heterocycles. The first-order valence-corrected chi connectivity index (χ1v) is 34.3. The second-order valence-electron chi connectivity index (χ2n) is 23.5. The number of phosphoric acid groups is 1. The fourth-order valence-corrected chi connectivity index (χ4v) is 10.3. The number of carbonyl (C=O) groups excluding carboxylic acids is 1. The molecular formula is C68H128N2O6P+. The van der Waals surface area contributed by atoms with Gasteiger partial charge in [0.1, 0.15) is 13.2 Å². The first kappa shape index (κ1) is 74.9. The van der Waals surface area contributed by atoms with Crippen LogP contribution in [0.5, 0.6) is 0 Å². The van der Waals surface area contributed by atoms with Crippen LogP contribution in [0.4, 0.5) is 0 Å². The van der Waals surface area contributed by atoms with Gasteiger partial charge in [0.2, 0.25) is 5.91 Å². The van der Waals surface area contributed by atoms with E-state index in [4.69, 9.17) is 9.05 Å². The fraction of sp³-hybridized carbons (Fsp3) is 0.809. The van der Waals surface area contributed by atoms with Gasteiger partial charge in [-0.2, -0.15) is 0 Å². The van der Waals surface area contributed by atoms with E-state index in [0.717, 1.165) is 64.2 Å². The standard InChI is InChI=1S/C68H127N2O6P/c1-6-8-10-12-14-16-18-20-22-24-26-28-30-32-34-35-36-38-40-42-44-46-48-50-52-54-56-58-60-62-68(72)69-66(65-76-77(73,74)75-64-63-70(3,4)5)67(71)61-59-57-55-53-51-49-47-45-43-41-39-37-33-31-29-27-25-23-21-19-17-15-13-11-9-7-2/h8,10,14,16,20,22,26,28,51,53,59,61,66-67,71H,6-7,9,11-13,15,17-19,21,23-25,27,29-50,52,54-58,60,62-65H2,1-5H3,(H-,69,72,73,74)/p+1/b10-8-,16-14-,22-20-,28-26-,53-51+,61-59+. The number of nitrogens with one attached hydrogen (secondary N) is 1. The molecule has 0 aliphatic carbocycles. The van der Waals surface area contributed by atoms with Crippen LogP contribution >= 0.6 is 7.82 Å². The highest BCUT2D eigenvalue weighted by atomic mass is 31.2. The van der Waals surface area contributed by atoms with E-state index >= 15 is 0 Å². The molecule has 0 aromatic carbocycles. The summed E-state index contributed by atoms with van der Waals surface area (Å²) in [5.41, 5.74) is 0. The second-order valence-corrected chi connectivity index (χ2v) is 24.9. The Balaban J connectivity index is 4.14. The number of amides is 1. The Hall–Kier alpha value is -2.06. The highest BCUT2D eigenvalue weighted by Gasteiger charge is 2.27. The van der Waals surface area contributed by atoms with Crippen LogP contribution in [0.2, 0.25) is 0 Å². The van der Waals surface area contributed by atoms with Crippen molar-refractivity contribution in [2.45, 2.75) is 315 Å². The van der Waals surface area contributed by atoms with Crippen LogP contribution in [0, 0.1) is 0 Å². The predicted octanol–water partition coefficient (Wildman–Crippen LogP) is 20.6. The Morgan fingerprint density at radius 1 is 0.455 bits per heavy atom. The molecule has 1 amide bonds. The maximum Gasteiger partial charge on any atom is 0.472 e. The summed E-state index contributed by atoms with van der Waals surface area (Å²) in [6, 6.07) is -0.867. The molecule has 0 fully saturated rings. The Labute approximate surface area is 478 Å². The summed E-state index contributed by atoms with van der Waals surface area (Å²) in [6.45, 7) is 4.72. The number of rotatable bonds is 60. The maximum absolute atomic E-state index is 13.0. The van der Waals surface area contributed by atoms with Crippen molar-refractivity contribution in [3.8, 4) is 0 Å². The predicted molar refractivity (Wildman–Crippen MR) is 337 cm³/mol. The molecule has 0 aliphatic rings. The average molecular weight is 1100 g/mol. The van der Waals surface area contributed by atoms with Crippen LogP contribution < -0.4 is 5.32 Å². The summed E-state index contributed by atoms with van der Waals surface area (Å²) in [4.78, 5) is 23.4. The van der Waals surface area contributed by atoms with E-state index in [2.05, 4.69) is 79.9 Å². The molecule has 9 heteroatoms. The summed E-state index contributed by atoms with van der Waals surface area (Å²) in [5.74, 6) is -0.185. The van der Waals surface area contributed by atoms with Gasteiger partial charge in [0.15, 0.2) is 0 Å². The Kier molecular flexibility index (Phi) is 57.0. The number of hydrogen-bond donors (Lipinski definition) is 3. The van der Waals surface area contributed by atoms with E-state index in [-0.39, 0.29) is 19.1 Å². The second kappa shape index (κ2) is 58.6. The van der Waals surface area contributed by atoms with Crippen molar-refractivity contribution in [3.05, 3.63) is 72.9 Å².